The molecule has 0 aliphatic rings. The van der Waals surface area contributed by atoms with Crippen molar-refractivity contribution < 1.29 is 4.39 Å². The van der Waals surface area contributed by atoms with Gasteiger partial charge in [-0.15, -0.1) is 0 Å². The van der Waals surface area contributed by atoms with E-state index in [0.717, 1.165) is 0 Å². The molecule has 0 saturated heterocycles. The van der Waals surface area contributed by atoms with Crippen molar-refractivity contribution in [2.45, 2.75) is 6.54 Å². The summed E-state index contributed by atoms with van der Waals surface area (Å²) < 4.78 is 12.9. The average Bonchev–Trinajstić information content (AvgIpc) is 2.33. The van der Waals surface area contributed by atoms with Crippen molar-refractivity contribution in [1.29, 1.82) is 0 Å². The third-order valence-corrected chi connectivity index (χ3v) is 2.39. The molecule has 0 bridgehead atoms. The topological polar surface area (TPSA) is 63.8 Å². The molecule has 2 rings (SSSR count). The first-order valence-electron chi connectivity index (χ1n) is 4.90. The van der Waals surface area contributed by atoms with E-state index < -0.39 is 5.82 Å². The third kappa shape index (κ3) is 3.04. The molecule has 6 heteroatoms. The Kier molecular flexibility index (Phi) is 3.39. The highest BCUT2D eigenvalue weighted by molar-refractivity contribution is 6.31. The van der Waals surface area contributed by atoms with Gasteiger partial charge in [0.15, 0.2) is 0 Å². The van der Waals surface area contributed by atoms with E-state index in [9.17, 15) is 4.39 Å². The van der Waals surface area contributed by atoms with Gasteiger partial charge in [-0.1, -0.05) is 11.6 Å². The van der Waals surface area contributed by atoms with Crippen LogP contribution in [0.4, 0.5) is 15.8 Å². The number of nitrogens with two attached hydrogens (primary N) is 1. The molecule has 0 fully saturated rings. The molecule has 0 atom stereocenters. The van der Waals surface area contributed by atoms with Gasteiger partial charge >= 0.3 is 0 Å². The van der Waals surface area contributed by atoms with E-state index in [1.165, 1.54) is 24.5 Å². The van der Waals surface area contributed by atoms with Crippen LogP contribution in [0.15, 0.2) is 30.6 Å². The van der Waals surface area contributed by atoms with Crippen molar-refractivity contribution in [1.82, 2.24) is 9.97 Å². The molecule has 0 unspecified atom stereocenters. The molecule has 4 nitrogen and oxygen atoms in total. The Morgan fingerprint density at radius 3 is 2.65 bits per heavy atom. The van der Waals surface area contributed by atoms with E-state index in [4.69, 9.17) is 17.3 Å². The number of nitrogens with one attached hydrogen (secondary N) is 1. The maximum atomic E-state index is 12.9. The highest BCUT2D eigenvalue weighted by Gasteiger charge is 2.01. The molecule has 1 heterocycles. The van der Waals surface area contributed by atoms with Crippen LogP contribution in [0.3, 0.4) is 0 Å². The number of nitrogen functional groups attached to an aromatic ring is 1. The molecule has 0 spiro atoms. The zero-order valence-electron chi connectivity index (χ0n) is 8.82. The van der Waals surface area contributed by atoms with Gasteiger partial charge in [0.05, 0.1) is 29.6 Å². The maximum Gasteiger partial charge on any atom is 0.147 e. The van der Waals surface area contributed by atoms with Crippen LogP contribution in [0, 0.1) is 5.82 Å². The van der Waals surface area contributed by atoms with Crippen LogP contribution in [0.2, 0.25) is 5.02 Å². The summed E-state index contributed by atoms with van der Waals surface area (Å²) in [7, 11) is 0. The predicted molar refractivity (Wildman–Crippen MR) is 65.2 cm³/mol. The zero-order valence-corrected chi connectivity index (χ0v) is 9.58. The van der Waals surface area contributed by atoms with Crippen molar-refractivity contribution in [3.05, 3.63) is 47.3 Å². The van der Waals surface area contributed by atoms with E-state index in [2.05, 4.69) is 15.3 Å². The molecular formula is C11H10ClFN4. The van der Waals surface area contributed by atoms with Crippen LogP contribution in [0.1, 0.15) is 5.82 Å². The molecule has 88 valence electrons. The van der Waals surface area contributed by atoms with E-state index in [0.29, 0.717) is 23.7 Å². The minimum atomic E-state index is -0.444. The highest BCUT2D eigenvalue weighted by Crippen LogP contribution is 2.19. The smallest absolute Gasteiger partial charge is 0.147 e. The monoisotopic (exact) mass is 252 g/mol. The van der Waals surface area contributed by atoms with Crippen molar-refractivity contribution in [3.63, 3.8) is 0 Å². The molecule has 0 radical (unpaired) electrons. The van der Waals surface area contributed by atoms with Gasteiger partial charge < -0.3 is 11.1 Å². The van der Waals surface area contributed by atoms with Gasteiger partial charge in [0, 0.05) is 5.69 Å². The highest BCUT2D eigenvalue weighted by atomic mass is 35.5. The van der Waals surface area contributed by atoms with Crippen LogP contribution < -0.4 is 11.1 Å². The standard InChI is InChI=1S/C11H10ClFN4/c12-9-3-8(1-2-10(9)13)15-6-11-16-4-7(14)5-17-11/h1-5,15H,6,14H2. The molecule has 1 aromatic heterocycles. The summed E-state index contributed by atoms with van der Waals surface area (Å²) in [5.41, 5.74) is 6.68. The van der Waals surface area contributed by atoms with Gasteiger partial charge in [-0.05, 0) is 18.2 Å². The quantitative estimate of drug-likeness (QED) is 0.881. The molecule has 0 saturated carbocycles. The van der Waals surface area contributed by atoms with Gasteiger partial charge in [0.25, 0.3) is 0 Å². The van der Waals surface area contributed by atoms with Crippen LogP contribution in [-0.2, 0) is 6.54 Å². The molecule has 0 amide bonds. The summed E-state index contributed by atoms with van der Waals surface area (Å²) in [6, 6.07) is 4.40. The number of halogens is 2. The number of anilines is 2. The van der Waals surface area contributed by atoms with E-state index in [1.807, 2.05) is 0 Å². The second kappa shape index (κ2) is 4.97. The molecule has 2 aromatic rings. The Bertz CT molecular complexity index is 515. The van der Waals surface area contributed by atoms with Gasteiger partial charge in [0.2, 0.25) is 0 Å². The fraction of sp³-hybridized carbons (Fsp3) is 0.0909. The van der Waals surface area contributed by atoms with Crippen molar-refractivity contribution in [2.24, 2.45) is 0 Å². The third-order valence-electron chi connectivity index (χ3n) is 2.10. The fourth-order valence-electron chi connectivity index (χ4n) is 1.24. The second-order valence-electron chi connectivity index (χ2n) is 3.42. The number of aromatic nitrogens is 2. The Morgan fingerprint density at radius 2 is 2.00 bits per heavy atom. The first-order chi connectivity index (χ1) is 8.15. The van der Waals surface area contributed by atoms with Crippen LogP contribution in [0.25, 0.3) is 0 Å². The summed E-state index contributed by atoms with van der Waals surface area (Å²) in [5.74, 6) is 0.153. The number of hydrogen-bond acceptors (Lipinski definition) is 4. The average molecular weight is 253 g/mol. The van der Waals surface area contributed by atoms with E-state index in [-0.39, 0.29) is 5.02 Å². The summed E-state index contributed by atoms with van der Waals surface area (Å²) in [6.07, 6.45) is 3.06. The molecule has 1 aromatic carbocycles. The molecular weight excluding hydrogens is 243 g/mol. The van der Waals surface area contributed by atoms with Crippen molar-refractivity contribution in [3.8, 4) is 0 Å². The maximum absolute atomic E-state index is 12.9. The van der Waals surface area contributed by atoms with Crippen LogP contribution in [-0.4, -0.2) is 9.97 Å². The first kappa shape index (κ1) is 11.6. The lowest BCUT2D eigenvalue weighted by molar-refractivity contribution is 0.628. The van der Waals surface area contributed by atoms with Gasteiger partial charge in [-0.25, -0.2) is 14.4 Å². The lowest BCUT2D eigenvalue weighted by atomic mass is 10.3. The summed E-state index contributed by atoms with van der Waals surface area (Å²) in [5, 5.41) is 3.11. The summed E-state index contributed by atoms with van der Waals surface area (Å²) in [6.45, 7) is 0.419. The van der Waals surface area contributed by atoms with E-state index >= 15 is 0 Å². The normalized spacial score (nSPS) is 10.2. The largest absolute Gasteiger partial charge is 0.396 e. The lowest BCUT2D eigenvalue weighted by Gasteiger charge is -2.06. The minimum absolute atomic E-state index is 0.0771. The predicted octanol–water partition coefficient (Wildman–Crippen LogP) is 2.46. The number of hydrogen-bond donors (Lipinski definition) is 2. The second-order valence-corrected chi connectivity index (χ2v) is 3.82. The Morgan fingerprint density at radius 1 is 1.29 bits per heavy atom. The Hall–Kier alpha value is -1.88. The first-order valence-corrected chi connectivity index (χ1v) is 5.28. The lowest BCUT2D eigenvalue weighted by Crippen LogP contribution is -2.04. The number of benzene rings is 1. The van der Waals surface area contributed by atoms with Crippen LogP contribution in [0.5, 0.6) is 0 Å². The van der Waals surface area contributed by atoms with Gasteiger partial charge in [-0.2, -0.15) is 0 Å². The number of nitrogens with zero attached hydrogens (tertiary/aromatic N) is 2. The molecule has 0 aliphatic heterocycles. The Labute approximate surface area is 103 Å². The van der Waals surface area contributed by atoms with Gasteiger partial charge in [0.1, 0.15) is 11.6 Å². The van der Waals surface area contributed by atoms with Crippen LogP contribution >= 0.6 is 11.6 Å². The summed E-state index contributed by atoms with van der Waals surface area (Å²) >= 11 is 5.65. The SMILES string of the molecule is Nc1cnc(CNc2ccc(F)c(Cl)c2)nc1. The van der Waals surface area contributed by atoms with Gasteiger partial charge in [-0.3, -0.25) is 0 Å². The fourth-order valence-corrected chi connectivity index (χ4v) is 1.42. The van der Waals surface area contributed by atoms with Crippen molar-refractivity contribution in [2.75, 3.05) is 11.1 Å². The van der Waals surface area contributed by atoms with Crippen molar-refractivity contribution >= 4 is 23.0 Å². The number of rotatable bonds is 3. The van der Waals surface area contributed by atoms with E-state index in [1.54, 1.807) is 6.07 Å². The zero-order chi connectivity index (χ0) is 12.3. The molecule has 3 N–H and O–H groups in total. The molecule has 17 heavy (non-hydrogen) atoms. The molecule has 0 aliphatic carbocycles. The minimum Gasteiger partial charge on any atom is -0.396 e. The Balaban J connectivity index is 2.02. The summed E-state index contributed by atoms with van der Waals surface area (Å²) in [4.78, 5) is 8.06.